The van der Waals surface area contributed by atoms with Gasteiger partial charge in [-0.2, -0.15) is 0 Å². The van der Waals surface area contributed by atoms with E-state index in [4.69, 9.17) is 4.74 Å². The summed E-state index contributed by atoms with van der Waals surface area (Å²) in [6.45, 7) is 10.9. The topological polar surface area (TPSA) is 61.9 Å². The number of nitrogens with one attached hydrogen (secondary N) is 1. The Bertz CT molecular complexity index is 433. The molecule has 0 saturated carbocycles. The van der Waals surface area contributed by atoms with E-state index in [0.29, 0.717) is 6.42 Å². The number of likely N-dealkylation sites (tertiary alicyclic amines) is 2. The third kappa shape index (κ3) is 5.37. The summed E-state index contributed by atoms with van der Waals surface area (Å²) >= 11 is 0. The van der Waals surface area contributed by atoms with Crippen LogP contribution in [0.25, 0.3) is 0 Å². The molecule has 1 N–H and O–H groups in total. The lowest BCUT2D eigenvalue weighted by molar-refractivity contribution is -0.127. The lowest BCUT2D eigenvalue weighted by Crippen LogP contribution is -2.47. The van der Waals surface area contributed by atoms with Crippen molar-refractivity contribution < 1.29 is 14.3 Å². The van der Waals surface area contributed by atoms with Crippen molar-refractivity contribution in [2.24, 2.45) is 0 Å². The first-order valence-corrected chi connectivity index (χ1v) is 8.77. The smallest absolute Gasteiger partial charge is 0.410 e. The zero-order valence-corrected chi connectivity index (χ0v) is 14.9. The van der Waals surface area contributed by atoms with Gasteiger partial charge >= 0.3 is 6.09 Å². The van der Waals surface area contributed by atoms with Crippen molar-refractivity contribution in [2.45, 2.75) is 71.1 Å². The largest absolute Gasteiger partial charge is 0.444 e. The number of amides is 2. The summed E-state index contributed by atoms with van der Waals surface area (Å²) in [4.78, 5) is 27.7. The second-order valence-corrected chi connectivity index (χ2v) is 7.72. The van der Waals surface area contributed by atoms with Gasteiger partial charge in [0.1, 0.15) is 5.60 Å². The predicted octanol–water partition coefficient (Wildman–Crippen LogP) is 1.99. The van der Waals surface area contributed by atoms with E-state index in [-0.39, 0.29) is 24.1 Å². The van der Waals surface area contributed by atoms with Crippen LogP contribution in [0.2, 0.25) is 0 Å². The molecule has 2 saturated heterocycles. The number of nitrogens with zero attached hydrogens (tertiary/aromatic N) is 2. The molecule has 132 valence electrons. The van der Waals surface area contributed by atoms with Crippen molar-refractivity contribution >= 4 is 12.0 Å². The fourth-order valence-corrected chi connectivity index (χ4v) is 3.24. The van der Waals surface area contributed by atoms with Gasteiger partial charge in [-0.3, -0.25) is 4.79 Å². The van der Waals surface area contributed by atoms with Crippen molar-refractivity contribution in [3.63, 3.8) is 0 Å². The molecule has 0 radical (unpaired) electrons. The minimum Gasteiger partial charge on any atom is -0.444 e. The van der Waals surface area contributed by atoms with E-state index in [1.54, 1.807) is 0 Å². The lowest BCUT2D eigenvalue weighted by atomic mass is 10.2. The summed E-state index contributed by atoms with van der Waals surface area (Å²) in [5.41, 5.74) is -0.457. The Hall–Kier alpha value is -1.30. The molecule has 0 bridgehead atoms. The number of ether oxygens (including phenoxy) is 1. The van der Waals surface area contributed by atoms with Gasteiger partial charge in [0.05, 0.1) is 0 Å². The van der Waals surface area contributed by atoms with E-state index in [0.717, 1.165) is 45.4 Å². The van der Waals surface area contributed by atoms with Crippen LogP contribution < -0.4 is 5.32 Å². The average molecular weight is 325 g/mol. The van der Waals surface area contributed by atoms with Gasteiger partial charge in [-0.25, -0.2) is 4.79 Å². The highest BCUT2D eigenvalue weighted by molar-refractivity contribution is 5.78. The molecule has 2 aliphatic heterocycles. The maximum Gasteiger partial charge on any atom is 0.410 e. The quantitative estimate of drug-likeness (QED) is 0.840. The summed E-state index contributed by atoms with van der Waals surface area (Å²) in [5, 5.41) is 3.48. The molecule has 0 aromatic carbocycles. The molecule has 0 aromatic rings. The standard InChI is InChI=1S/C17H31N3O3/c1-13(12-19-9-6-8-15(19)21)18-11-14-7-5-10-20(14)16(22)23-17(2,3)4/h13-14,18H,5-12H2,1-4H3. The van der Waals surface area contributed by atoms with E-state index in [9.17, 15) is 9.59 Å². The van der Waals surface area contributed by atoms with Crippen molar-refractivity contribution in [2.75, 3.05) is 26.2 Å². The Morgan fingerprint density at radius 1 is 1.35 bits per heavy atom. The molecule has 6 heteroatoms. The van der Waals surface area contributed by atoms with Crippen molar-refractivity contribution in [3.8, 4) is 0 Å². The van der Waals surface area contributed by atoms with E-state index in [1.165, 1.54) is 0 Å². The molecule has 2 unspecified atom stereocenters. The molecule has 2 atom stereocenters. The summed E-state index contributed by atoms with van der Waals surface area (Å²) < 4.78 is 5.49. The first-order valence-electron chi connectivity index (χ1n) is 8.77. The molecule has 23 heavy (non-hydrogen) atoms. The Kier molecular flexibility index (Phi) is 5.89. The molecule has 2 heterocycles. The predicted molar refractivity (Wildman–Crippen MR) is 89.2 cm³/mol. The molecule has 6 nitrogen and oxygen atoms in total. The zero-order chi connectivity index (χ0) is 17.0. The summed E-state index contributed by atoms with van der Waals surface area (Å²) in [5.74, 6) is 0.259. The van der Waals surface area contributed by atoms with Gasteiger partial charge in [-0.15, -0.1) is 0 Å². The summed E-state index contributed by atoms with van der Waals surface area (Å²) in [6, 6.07) is 0.416. The third-order valence-electron chi connectivity index (χ3n) is 4.37. The molecular formula is C17H31N3O3. The van der Waals surface area contributed by atoms with Gasteiger partial charge in [-0.1, -0.05) is 0 Å². The first-order chi connectivity index (χ1) is 10.8. The van der Waals surface area contributed by atoms with Crippen LogP contribution in [0.1, 0.15) is 53.4 Å². The van der Waals surface area contributed by atoms with Crippen LogP contribution in [0.3, 0.4) is 0 Å². The summed E-state index contributed by atoms with van der Waals surface area (Å²) in [7, 11) is 0. The number of hydrogen-bond acceptors (Lipinski definition) is 4. The maximum atomic E-state index is 12.3. The SMILES string of the molecule is CC(CN1CCCC1=O)NCC1CCCN1C(=O)OC(C)(C)C. The molecule has 0 spiro atoms. The van der Waals surface area contributed by atoms with Crippen molar-refractivity contribution in [3.05, 3.63) is 0 Å². The van der Waals surface area contributed by atoms with Crippen LogP contribution in [0, 0.1) is 0 Å². The minimum atomic E-state index is -0.457. The number of rotatable bonds is 5. The van der Waals surface area contributed by atoms with Gasteiger partial charge in [0, 0.05) is 44.7 Å². The highest BCUT2D eigenvalue weighted by atomic mass is 16.6. The van der Waals surface area contributed by atoms with Gasteiger partial charge in [0.2, 0.25) is 5.91 Å². The van der Waals surface area contributed by atoms with E-state index >= 15 is 0 Å². The molecule has 2 amide bonds. The number of carbonyl (C=O) groups excluding carboxylic acids is 2. The maximum absolute atomic E-state index is 12.3. The summed E-state index contributed by atoms with van der Waals surface area (Å²) in [6.07, 6.45) is 3.46. The van der Waals surface area contributed by atoms with Gasteiger partial charge in [0.25, 0.3) is 0 Å². The fourth-order valence-electron chi connectivity index (χ4n) is 3.24. The fraction of sp³-hybridized carbons (Fsp3) is 0.882. The van der Waals surface area contributed by atoms with E-state index < -0.39 is 5.60 Å². The second-order valence-electron chi connectivity index (χ2n) is 7.72. The van der Waals surface area contributed by atoms with Crippen LogP contribution in [0.4, 0.5) is 4.79 Å². The normalized spacial score (nSPS) is 23.5. The number of carbonyl (C=O) groups is 2. The highest BCUT2D eigenvalue weighted by Crippen LogP contribution is 2.20. The molecular weight excluding hydrogens is 294 g/mol. The van der Waals surface area contributed by atoms with Crippen molar-refractivity contribution in [1.82, 2.24) is 15.1 Å². The zero-order valence-electron chi connectivity index (χ0n) is 14.9. The first kappa shape index (κ1) is 18.0. The second kappa shape index (κ2) is 7.51. The van der Waals surface area contributed by atoms with Gasteiger partial charge in [0.15, 0.2) is 0 Å². The average Bonchev–Trinajstić information content (AvgIpc) is 3.04. The molecule has 0 aromatic heterocycles. The molecule has 2 fully saturated rings. The Morgan fingerprint density at radius 3 is 2.70 bits per heavy atom. The van der Waals surface area contributed by atoms with E-state index in [1.807, 2.05) is 30.6 Å². The van der Waals surface area contributed by atoms with E-state index in [2.05, 4.69) is 12.2 Å². The van der Waals surface area contributed by atoms with Crippen LogP contribution in [0.5, 0.6) is 0 Å². The van der Waals surface area contributed by atoms with Crippen LogP contribution in [0.15, 0.2) is 0 Å². The molecule has 2 aliphatic rings. The number of hydrogen-bond donors (Lipinski definition) is 1. The minimum absolute atomic E-state index is 0.182. The molecule has 2 rings (SSSR count). The van der Waals surface area contributed by atoms with Crippen LogP contribution in [-0.2, 0) is 9.53 Å². The van der Waals surface area contributed by atoms with Crippen LogP contribution >= 0.6 is 0 Å². The Balaban J connectivity index is 1.77. The van der Waals surface area contributed by atoms with Crippen LogP contribution in [-0.4, -0.2) is 65.7 Å². The third-order valence-corrected chi connectivity index (χ3v) is 4.37. The Labute approximate surface area is 139 Å². The monoisotopic (exact) mass is 325 g/mol. The molecule has 0 aliphatic carbocycles. The lowest BCUT2D eigenvalue weighted by Gasteiger charge is -2.30. The highest BCUT2D eigenvalue weighted by Gasteiger charge is 2.32. The van der Waals surface area contributed by atoms with Crippen molar-refractivity contribution in [1.29, 1.82) is 0 Å². The van der Waals surface area contributed by atoms with Gasteiger partial charge in [-0.05, 0) is 47.0 Å². The Morgan fingerprint density at radius 2 is 2.09 bits per heavy atom. The van der Waals surface area contributed by atoms with Gasteiger partial charge < -0.3 is 19.9 Å².